The minimum Gasteiger partial charge on any atom is -0.465 e. The lowest BCUT2D eigenvalue weighted by molar-refractivity contribution is 0.0122. The van der Waals surface area contributed by atoms with Crippen LogP contribution in [0.4, 0.5) is 10.6 Å². The van der Waals surface area contributed by atoms with Crippen LogP contribution < -0.4 is 4.90 Å². The first-order valence-corrected chi connectivity index (χ1v) is 9.01. The number of aromatic nitrogens is 1. The molecular formula is C19H27N3O4. The van der Waals surface area contributed by atoms with Crippen LogP contribution in [0.2, 0.25) is 0 Å². The molecular weight excluding hydrogens is 334 g/mol. The average Bonchev–Trinajstić information content (AvgIpc) is 2.83. The van der Waals surface area contributed by atoms with Gasteiger partial charge in [-0.1, -0.05) is 0 Å². The summed E-state index contributed by atoms with van der Waals surface area (Å²) in [6, 6.07) is 1.99. The number of amides is 1. The number of pyridine rings is 1. The molecule has 26 heavy (non-hydrogen) atoms. The summed E-state index contributed by atoms with van der Waals surface area (Å²) in [6.07, 6.45) is 3.37. The number of ether oxygens (including phenoxy) is 2. The Morgan fingerprint density at radius 3 is 2.35 bits per heavy atom. The van der Waals surface area contributed by atoms with Crippen molar-refractivity contribution in [2.75, 3.05) is 25.1 Å². The molecule has 7 heteroatoms. The second-order valence-electron chi connectivity index (χ2n) is 8.03. The van der Waals surface area contributed by atoms with Crippen molar-refractivity contribution in [1.82, 2.24) is 9.88 Å². The van der Waals surface area contributed by atoms with Gasteiger partial charge in [0, 0.05) is 19.3 Å². The number of methoxy groups -OCH3 is 1. The fourth-order valence-electron chi connectivity index (χ4n) is 3.72. The number of esters is 1. The zero-order valence-corrected chi connectivity index (χ0v) is 16.1. The number of carbonyl (C=O) groups excluding carboxylic acids is 2. The molecule has 2 aliphatic heterocycles. The highest BCUT2D eigenvalue weighted by Gasteiger charge is 2.44. The van der Waals surface area contributed by atoms with Gasteiger partial charge in [-0.05, 0) is 52.2 Å². The average molecular weight is 361 g/mol. The van der Waals surface area contributed by atoms with Crippen LogP contribution in [0.3, 0.4) is 0 Å². The van der Waals surface area contributed by atoms with Crippen molar-refractivity contribution >= 4 is 17.9 Å². The monoisotopic (exact) mass is 361 g/mol. The molecule has 0 radical (unpaired) electrons. The number of anilines is 1. The highest BCUT2D eigenvalue weighted by molar-refractivity contribution is 5.91. The Hall–Kier alpha value is -2.31. The summed E-state index contributed by atoms with van der Waals surface area (Å²) in [4.78, 5) is 33.0. The number of hydrogen-bond acceptors (Lipinski definition) is 6. The van der Waals surface area contributed by atoms with Crippen LogP contribution in [-0.2, 0) is 9.47 Å². The maximum atomic E-state index is 12.6. The molecule has 3 rings (SSSR count). The van der Waals surface area contributed by atoms with Gasteiger partial charge in [0.15, 0.2) is 0 Å². The van der Waals surface area contributed by atoms with Crippen molar-refractivity contribution < 1.29 is 19.1 Å². The summed E-state index contributed by atoms with van der Waals surface area (Å²) in [7, 11) is 1.38. The molecule has 0 spiro atoms. The number of rotatable bonds is 2. The lowest BCUT2D eigenvalue weighted by atomic mass is 10.1. The van der Waals surface area contributed by atoms with Crippen molar-refractivity contribution in [3.8, 4) is 0 Å². The molecule has 142 valence electrons. The highest BCUT2D eigenvalue weighted by atomic mass is 16.6. The molecule has 2 unspecified atom stereocenters. The summed E-state index contributed by atoms with van der Waals surface area (Å²) >= 11 is 0. The smallest absolute Gasteiger partial charge is 0.410 e. The Kier molecular flexibility index (Phi) is 4.82. The van der Waals surface area contributed by atoms with Crippen molar-refractivity contribution in [2.24, 2.45) is 0 Å². The number of nitrogens with zero attached hydrogens (tertiary/aromatic N) is 3. The summed E-state index contributed by atoms with van der Waals surface area (Å²) in [5, 5.41) is 0. The minimum absolute atomic E-state index is 0.105. The lowest BCUT2D eigenvalue weighted by Crippen LogP contribution is -2.57. The molecule has 2 atom stereocenters. The van der Waals surface area contributed by atoms with Crippen molar-refractivity contribution in [1.29, 1.82) is 0 Å². The zero-order valence-electron chi connectivity index (χ0n) is 16.1. The van der Waals surface area contributed by atoms with E-state index in [9.17, 15) is 9.59 Å². The van der Waals surface area contributed by atoms with Gasteiger partial charge in [0.2, 0.25) is 0 Å². The maximum Gasteiger partial charge on any atom is 0.410 e. The third-order valence-electron chi connectivity index (χ3n) is 4.90. The predicted octanol–water partition coefficient (Wildman–Crippen LogP) is 2.76. The minimum atomic E-state index is -0.498. The Morgan fingerprint density at radius 1 is 1.19 bits per heavy atom. The molecule has 2 aliphatic rings. The summed E-state index contributed by atoms with van der Waals surface area (Å²) in [5.41, 5.74) is 0.817. The van der Waals surface area contributed by atoms with E-state index < -0.39 is 5.60 Å². The molecule has 0 N–H and O–H groups in total. The van der Waals surface area contributed by atoms with E-state index in [-0.39, 0.29) is 24.1 Å². The van der Waals surface area contributed by atoms with Crippen LogP contribution >= 0.6 is 0 Å². The van der Waals surface area contributed by atoms with Crippen LogP contribution in [0.15, 0.2) is 12.3 Å². The molecule has 0 aliphatic carbocycles. The Morgan fingerprint density at radius 2 is 1.81 bits per heavy atom. The van der Waals surface area contributed by atoms with E-state index in [1.807, 2.05) is 32.6 Å². The second-order valence-corrected chi connectivity index (χ2v) is 8.03. The van der Waals surface area contributed by atoms with E-state index in [4.69, 9.17) is 9.47 Å². The van der Waals surface area contributed by atoms with E-state index >= 15 is 0 Å². The molecule has 1 aromatic heterocycles. The number of aryl methyl sites for hydroxylation is 1. The molecule has 2 saturated heterocycles. The second kappa shape index (κ2) is 6.78. The van der Waals surface area contributed by atoms with Gasteiger partial charge in [0.05, 0.1) is 24.8 Å². The molecule has 2 fully saturated rings. The van der Waals surface area contributed by atoms with Crippen molar-refractivity contribution in [2.45, 2.75) is 58.2 Å². The van der Waals surface area contributed by atoms with E-state index in [2.05, 4.69) is 9.88 Å². The third-order valence-corrected chi connectivity index (χ3v) is 4.90. The van der Waals surface area contributed by atoms with Gasteiger partial charge in [-0.15, -0.1) is 0 Å². The van der Waals surface area contributed by atoms with Crippen LogP contribution in [0, 0.1) is 6.92 Å². The van der Waals surface area contributed by atoms with Crippen LogP contribution in [0.5, 0.6) is 0 Å². The summed E-state index contributed by atoms with van der Waals surface area (Å²) in [6.45, 7) is 8.86. The molecule has 0 saturated carbocycles. The largest absolute Gasteiger partial charge is 0.465 e. The first-order chi connectivity index (χ1) is 12.2. The van der Waals surface area contributed by atoms with Gasteiger partial charge < -0.3 is 14.4 Å². The first-order valence-electron chi connectivity index (χ1n) is 9.01. The van der Waals surface area contributed by atoms with Gasteiger partial charge in [-0.3, -0.25) is 4.90 Å². The Balaban J connectivity index is 1.77. The molecule has 1 aromatic rings. The normalized spacial score (nSPS) is 22.3. The predicted molar refractivity (Wildman–Crippen MR) is 97.4 cm³/mol. The van der Waals surface area contributed by atoms with Gasteiger partial charge >= 0.3 is 12.1 Å². The summed E-state index contributed by atoms with van der Waals surface area (Å²) in [5.74, 6) is 0.387. The van der Waals surface area contributed by atoms with E-state index in [1.165, 1.54) is 7.11 Å². The fourth-order valence-corrected chi connectivity index (χ4v) is 3.72. The molecule has 1 amide bonds. The molecule has 0 aromatic carbocycles. The van der Waals surface area contributed by atoms with E-state index in [0.717, 1.165) is 24.2 Å². The number of piperazine rings is 1. The zero-order chi connectivity index (χ0) is 19.1. The lowest BCUT2D eigenvalue weighted by Gasteiger charge is -2.41. The summed E-state index contributed by atoms with van der Waals surface area (Å²) < 4.78 is 10.4. The molecule has 3 heterocycles. The number of fused-ring (bicyclic) bond motifs is 2. The Bertz CT molecular complexity index is 699. The Labute approximate surface area is 154 Å². The van der Waals surface area contributed by atoms with Gasteiger partial charge in [0.1, 0.15) is 11.4 Å². The molecule has 2 bridgehead atoms. The van der Waals surface area contributed by atoms with Crippen LogP contribution in [0.1, 0.15) is 49.5 Å². The van der Waals surface area contributed by atoms with E-state index in [1.54, 1.807) is 12.3 Å². The number of hydrogen-bond donors (Lipinski definition) is 0. The fraction of sp³-hybridized carbons (Fsp3) is 0.632. The highest BCUT2D eigenvalue weighted by Crippen LogP contribution is 2.33. The van der Waals surface area contributed by atoms with Gasteiger partial charge in [0.25, 0.3) is 0 Å². The van der Waals surface area contributed by atoms with Crippen LogP contribution in [0.25, 0.3) is 0 Å². The quantitative estimate of drug-likeness (QED) is 0.754. The van der Waals surface area contributed by atoms with Gasteiger partial charge in [-0.25, -0.2) is 14.6 Å². The molecule has 7 nitrogen and oxygen atoms in total. The van der Waals surface area contributed by atoms with Crippen molar-refractivity contribution in [3.63, 3.8) is 0 Å². The van der Waals surface area contributed by atoms with Crippen LogP contribution in [-0.4, -0.2) is 59.8 Å². The van der Waals surface area contributed by atoms with E-state index in [0.29, 0.717) is 18.7 Å². The first kappa shape index (κ1) is 18.5. The standard InChI is InChI=1S/C19H27N3O4/c1-12-9-20-16(8-15(12)17(23)25-5)21-10-13-6-7-14(11-21)22(13)18(24)26-19(2,3)4/h8-9,13-14H,6-7,10-11H2,1-5H3. The number of carbonyl (C=O) groups is 2. The third kappa shape index (κ3) is 3.61. The van der Waals surface area contributed by atoms with Crippen molar-refractivity contribution in [3.05, 3.63) is 23.4 Å². The topological polar surface area (TPSA) is 72.0 Å². The maximum absolute atomic E-state index is 12.6. The SMILES string of the molecule is COC(=O)c1cc(N2CC3CCC(C2)N3C(=O)OC(C)(C)C)ncc1C. The van der Waals surface area contributed by atoms with Gasteiger partial charge in [-0.2, -0.15) is 0 Å².